The summed E-state index contributed by atoms with van der Waals surface area (Å²) in [5, 5.41) is 11.2. The number of imidazole rings is 1. The number of hydrogen-bond donors (Lipinski definition) is 1. The molecule has 2 aromatic carbocycles. The van der Waals surface area contributed by atoms with Gasteiger partial charge in [0.25, 0.3) is 0 Å². The predicted octanol–water partition coefficient (Wildman–Crippen LogP) is 8.92. The van der Waals surface area contributed by atoms with Crippen molar-refractivity contribution in [1.29, 1.82) is 0 Å². The van der Waals surface area contributed by atoms with Crippen LogP contribution in [0.5, 0.6) is 11.6 Å². The van der Waals surface area contributed by atoms with Crippen molar-refractivity contribution in [3.8, 4) is 22.8 Å². The second kappa shape index (κ2) is 13.4. The number of nitrogens with zero attached hydrogens (tertiary/aromatic N) is 4. The van der Waals surface area contributed by atoms with Gasteiger partial charge in [-0.15, -0.1) is 11.8 Å². The Balaban J connectivity index is 1.37. The van der Waals surface area contributed by atoms with Crippen LogP contribution in [0.4, 0.5) is 0 Å². The van der Waals surface area contributed by atoms with Crippen molar-refractivity contribution in [2.45, 2.75) is 70.8 Å². The summed E-state index contributed by atoms with van der Waals surface area (Å²) in [4.78, 5) is 22.6. The maximum absolute atomic E-state index is 12.4. The number of pyridine rings is 2. The molecule has 0 unspecified atom stereocenters. The summed E-state index contributed by atoms with van der Waals surface area (Å²) in [5.41, 5.74) is 6.00. The Morgan fingerprint density at radius 3 is 2.38 bits per heavy atom. The van der Waals surface area contributed by atoms with E-state index in [9.17, 15) is 9.90 Å². The minimum atomic E-state index is -0.966. The molecule has 48 heavy (non-hydrogen) atoms. The molecule has 0 spiro atoms. The molecule has 6 rings (SSSR count). The maximum atomic E-state index is 12.4. The van der Waals surface area contributed by atoms with Crippen molar-refractivity contribution in [2.24, 2.45) is 5.41 Å². The number of rotatable bonds is 12. The summed E-state index contributed by atoms with van der Waals surface area (Å²) in [6.45, 7) is 13.6. The summed E-state index contributed by atoms with van der Waals surface area (Å²) in [7, 11) is 0. The van der Waals surface area contributed by atoms with Gasteiger partial charge in [-0.2, -0.15) is 0 Å². The molecule has 0 aliphatic rings. The molecule has 0 amide bonds. The Labute approximate surface area is 285 Å². The zero-order valence-electron chi connectivity index (χ0n) is 28.4. The lowest BCUT2D eigenvalue weighted by Crippen LogP contribution is -2.28. The number of aromatic nitrogens is 4. The molecule has 0 aliphatic carbocycles. The maximum Gasteiger partial charge on any atom is 0.309 e. The normalized spacial score (nSPS) is 12.1. The molecule has 0 bridgehead atoms. The monoisotopic (exact) mass is 662 g/mol. The Bertz CT molecular complexity index is 2020. The van der Waals surface area contributed by atoms with Crippen molar-refractivity contribution in [3.05, 3.63) is 108 Å². The number of ether oxygens (including phenoxy) is 2. The first-order chi connectivity index (χ1) is 22.9. The number of carbonyl (C=O) groups is 1. The summed E-state index contributed by atoms with van der Waals surface area (Å²) < 4.78 is 16.0. The highest BCUT2D eigenvalue weighted by Gasteiger charge is 2.33. The zero-order valence-corrected chi connectivity index (χ0v) is 29.2. The highest BCUT2D eigenvalue weighted by Crippen LogP contribution is 2.44. The van der Waals surface area contributed by atoms with Crippen LogP contribution < -0.4 is 9.47 Å². The lowest BCUT2D eigenvalue weighted by Gasteiger charge is -2.24. The summed E-state index contributed by atoms with van der Waals surface area (Å²) >= 11 is 1.77. The molecule has 0 saturated heterocycles. The van der Waals surface area contributed by atoms with Crippen LogP contribution in [-0.2, 0) is 24.4 Å². The lowest BCUT2D eigenvalue weighted by atomic mass is 9.88. The number of fused-ring (bicyclic) bond motifs is 2. The van der Waals surface area contributed by atoms with Gasteiger partial charge >= 0.3 is 5.97 Å². The van der Waals surface area contributed by atoms with Gasteiger partial charge in [0, 0.05) is 69.4 Å². The quantitative estimate of drug-likeness (QED) is 0.131. The first-order valence-electron chi connectivity index (χ1n) is 16.2. The van der Waals surface area contributed by atoms with E-state index in [-0.39, 0.29) is 4.75 Å². The third-order valence-electron chi connectivity index (χ3n) is 8.15. The molecule has 0 atom stereocenters. The van der Waals surface area contributed by atoms with E-state index in [1.165, 1.54) is 0 Å². The average Bonchev–Trinajstić information content (AvgIpc) is 3.58. The molecule has 6 aromatic rings. The molecule has 0 saturated carbocycles. The van der Waals surface area contributed by atoms with Gasteiger partial charge < -0.3 is 23.5 Å². The largest absolute Gasteiger partial charge is 0.487 e. The van der Waals surface area contributed by atoms with Gasteiger partial charge in [-0.25, -0.2) is 9.97 Å². The molecule has 0 radical (unpaired) electrons. The fraction of sp³-hybridized carbons (Fsp3) is 0.308. The van der Waals surface area contributed by atoms with Crippen LogP contribution in [0.2, 0.25) is 0 Å². The fourth-order valence-corrected chi connectivity index (χ4v) is 6.89. The van der Waals surface area contributed by atoms with E-state index < -0.39 is 11.4 Å². The van der Waals surface area contributed by atoms with Crippen molar-refractivity contribution in [2.75, 3.05) is 6.61 Å². The lowest BCUT2D eigenvalue weighted by molar-refractivity contribution is -0.146. The minimum Gasteiger partial charge on any atom is -0.487 e. The van der Waals surface area contributed by atoms with Gasteiger partial charge in [0.05, 0.1) is 17.7 Å². The second-order valence-electron chi connectivity index (χ2n) is 13.6. The number of hydrogen-bond acceptors (Lipinski definition) is 6. The summed E-state index contributed by atoms with van der Waals surface area (Å²) in [6, 6.07) is 24.5. The molecule has 4 aromatic heterocycles. The fourth-order valence-electron chi connectivity index (χ4n) is 5.70. The molecule has 8 nitrogen and oxygen atoms in total. The van der Waals surface area contributed by atoms with Gasteiger partial charge in [-0.1, -0.05) is 51.1 Å². The topological polar surface area (TPSA) is 90.9 Å². The summed E-state index contributed by atoms with van der Waals surface area (Å²) in [6.07, 6.45) is 6.16. The van der Waals surface area contributed by atoms with Gasteiger partial charge in [0.15, 0.2) is 0 Å². The van der Waals surface area contributed by atoms with Gasteiger partial charge in [0.2, 0.25) is 5.88 Å². The molecule has 1 N–H and O–H groups in total. The SMILES string of the molecule is CCOc1ccc(-c2ccc(Cn3c(CC(C)(C)C(=O)O)c(SC(C)(C)C)c4cc(OCc5cn6ccccc6n5)ccc43)cc2)cn1. The van der Waals surface area contributed by atoms with Crippen molar-refractivity contribution in [1.82, 2.24) is 18.9 Å². The highest BCUT2D eigenvalue weighted by atomic mass is 32.2. The Morgan fingerprint density at radius 2 is 1.71 bits per heavy atom. The first kappa shape index (κ1) is 33.2. The van der Waals surface area contributed by atoms with Crippen LogP contribution in [0.15, 0.2) is 96.3 Å². The van der Waals surface area contributed by atoms with Crippen molar-refractivity contribution < 1.29 is 19.4 Å². The Kier molecular flexibility index (Phi) is 9.25. The number of aliphatic carboxylic acids is 1. The number of thioether (sulfide) groups is 1. The van der Waals surface area contributed by atoms with Crippen LogP contribution in [0.1, 0.15) is 58.5 Å². The standard InChI is InChI=1S/C39H42N4O4S/c1-7-46-35-18-15-28(22-40-35)27-13-11-26(12-14-27)23-43-32-17-16-30(47-25-29-24-42-19-9-8-10-34(42)41-29)20-31(32)36(48-38(2,3)4)33(43)21-39(5,6)37(44)45/h8-20,22,24H,7,21,23,25H2,1-6H3,(H,44,45). The van der Waals surface area contributed by atoms with E-state index in [2.05, 4.69) is 71.7 Å². The summed E-state index contributed by atoms with van der Waals surface area (Å²) in [5.74, 6) is 0.530. The number of carboxylic acids is 1. The molecule has 0 fully saturated rings. The molecule has 4 heterocycles. The Hall–Kier alpha value is -4.76. The molecular weight excluding hydrogens is 621 g/mol. The van der Waals surface area contributed by atoms with Crippen LogP contribution in [-0.4, -0.2) is 41.4 Å². The predicted molar refractivity (Wildman–Crippen MR) is 192 cm³/mol. The molecular formula is C39H42N4O4S. The molecule has 248 valence electrons. The highest BCUT2D eigenvalue weighted by molar-refractivity contribution is 8.00. The van der Waals surface area contributed by atoms with E-state index in [4.69, 9.17) is 9.47 Å². The third-order valence-corrected chi connectivity index (χ3v) is 9.42. The van der Waals surface area contributed by atoms with E-state index in [0.29, 0.717) is 32.1 Å². The van der Waals surface area contributed by atoms with E-state index in [0.717, 1.165) is 55.3 Å². The van der Waals surface area contributed by atoms with E-state index >= 15 is 0 Å². The average molecular weight is 663 g/mol. The Morgan fingerprint density at radius 1 is 0.938 bits per heavy atom. The molecule has 0 aliphatic heterocycles. The van der Waals surface area contributed by atoms with E-state index in [1.54, 1.807) is 25.6 Å². The van der Waals surface area contributed by atoms with Crippen molar-refractivity contribution >= 4 is 34.3 Å². The van der Waals surface area contributed by atoms with Gasteiger partial charge in [-0.05, 0) is 68.3 Å². The molecule has 9 heteroatoms. The smallest absolute Gasteiger partial charge is 0.309 e. The van der Waals surface area contributed by atoms with Crippen LogP contribution in [0.25, 0.3) is 27.7 Å². The number of carboxylic acid groups (broad SMARTS) is 1. The van der Waals surface area contributed by atoms with Gasteiger partial charge in [0.1, 0.15) is 18.0 Å². The van der Waals surface area contributed by atoms with Crippen LogP contribution in [0, 0.1) is 5.41 Å². The zero-order chi connectivity index (χ0) is 34.1. The van der Waals surface area contributed by atoms with Crippen LogP contribution >= 0.6 is 11.8 Å². The minimum absolute atomic E-state index is 0.109. The second-order valence-corrected chi connectivity index (χ2v) is 15.5. The van der Waals surface area contributed by atoms with Gasteiger partial charge in [-0.3, -0.25) is 4.79 Å². The number of benzene rings is 2. The van der Waals surface area contributed by atoms with E-state index in [1.807, 2.05) is 66.3 Å². The van der Waals surface area contributed by atoms with Crippen LogP contribution in [0.3, 0.4) is 0 Å². The third kappa shape index (κ3) is 7.36. The van der Waals surface area contributed by atoms with Crippen molar-refractivity contribution in [3.63, 3.8) is 0 Å². The first-order valence-corrected chi connectivity index (χ1v) is 17.0.